The first-order chi connectivity index (χ1) is 14.0. The van der Waals surface area contributed by atoms with E-state index in [1.54, 1.807) is 6.07 Å². The number of aromatic nitrogens is 1. The maximum absolute atomic E-state index is 12.7. The number of anilines is 1. The number of nitrogens with zero attached hydrogens (tertiary/aromatic N) is 1. The summed E-state index contributed by atoms with van der Waals surface area (Å²) >= 11 is 0. The Bertz CT molecular complexity index is 1080. The van der Waals surface area contributed by atoms with E-state index in [1.807, 2.05) is 30.3 Å². The highest BCUT2D eigenvalue weighted by molar-refractivity contribution is 6.02. The minimum atomic E-state index is -0.809. The number of fused-ring (bicyclic) bond motifs is 3. The van der Waals surface area contributed by atoms with Crippen molar-refractivity contribution in [1.29, 1.82) is 0 Å². The zero-order chi connectivity index (χ0) is 20.5. The van der Waals surface area contributed by atoms with Gasteiger partial charge < -0.3 is 24.7 Å². The van der Waals surface area contributed by atoms with Gasteiger partial charge in [-0.3, -0.25) is 4.90 Å². The number of carbonyl (C=O) groups excluding carboxylic acids is 2. The summed E-state index contributed by atoms with van der Waals surface area (Å²) in [6.07, 6.45) is -1.17. The number of esters is 1. The first-order valence-corrected chi connectivity index (χ1v) is 9.10. The standard InChI is InChI=1S/C21H20N2O6/c1-28-20(26)16-8-15-14-7-13(24)10-23(17(14)9-18(25)19(15)22-16)21(27)29-11-12-5-3-2-4-6-12/h2-6,8-9,13,22,24-25H,7,10-11H2,1H3. The van der Waals surface area contributed by atoms with E-state index in [1.165, 1.54) is 18.1 Å². The summed E-state index contributed by atoms with van der Waals surface area (Å²) in [5, 5.41) is 21.3. The van der Waals surface area contributed by atoms with Gasteiger partial charge in [0.2, 0.25) is 0 Å². The lowest BCUT2D eigenvalue weighted by Gasteiger charge is -2.32. The van der Waals surface area contributed by atoms with Crippen LogP contribution in [0.5, 0.6) is 5.75 Å². The van der Waals surface area contributed by atoms with Gasteiger partial charge in [0, 0.05) is 17.9 Å². The highest BCUT2D eigenvalue weighted by atomic mass is 16.6. The van der Waals surface area contributed by atoms with Crippen LogP contribution < -0.4 is 4.90 Å². The number of H-pyrrole nitrogens is 1. The van der Waals surface area contributed by atoms with Crippen molar-refractivity contribution in [3.63, 3.8) is 0 Å². The van der Waals surface area contributed by atoms with E-state index in [9.17, 15) is 19.8 Å². The van der Waals surface area contributed by atoms with Gasteiger partial charge in [-0.25, -0.2) is 9.59 Å². The number of aliphatic hydroxyl groups is 1. The minimum Gasteiger partial charge on any atom is -0.506 e. The van der Waals surface area contributed by atoms with Gasteiger partial charge in [0.1, 0.15) is 18.1 Å². The second-order valence-corrected chi connectivity index (χ2v) is 6.87. The van der Waals surface area contributed by atoms with Gasteiger partial charge in [-0.05, 0) is 17.2 Å². The van der Waals surface area contributed by atoms with Crippen molar-refractivity contribution in [3.05, 3.63) is 59.3 Å². The van der Waals surface area contributed by atoms with Gasteiger partial charge in [0.15, 0.2) is 0 Å². The summed E-state index contributed by atoms with van der Waals surface area (Å²) in [5.74, 6) is -0.698. The molecule has 3 N–H and O–H groups in total. The van der Waals surface area contributed by atoms with Crippen molar-refractivity contribution >= 4 is 28.7 Å². The van der Waals surface area contributed by atoms with Crippen molar-refractivity contribution in [2.24, 2.45) is 0 Å². The molecule has 1 amide bonds. The summed E-state index contributed by atoms with van der Waals surface area (Å²) in [6, 6.07) is 12.2. The van der Waals surface area contributed by atoms with Gasteiger partial charge in [-0.15, -0.1) is 0 Å². The molecule has 0 spiro atoms. The molecular formula is C21H20N2O6. The SMILES string of the molecule is COC(=O)c1cc2c3c(cc(O)c2[nH]1)N(C(=O)OCc1ccccc1)CC(O)C3. The molecular weight excluding hydrogens is 376 g/mol. The topological polar surface area (TPSA) is 112 Å². The number of amides is 1. The van der Waals surface area contributed by atoms with Crippen molar-refractivity contribution in [1.82, 2.24) is 4.98 Å². The van der Waals surface area contributed by atoms with Crippen LogP contribution in [-0.4, -0.2) is 47.0 Å². The molecule has 8 heteroatoms. The molecule has 1 aliphatic heterocycles. The Morgan fingerprint density at radius 2 is 2.00 bits per heavy atom. The van der Waals surface area contributed by atoms with Crippen molar-refractivity contribution in [3.8, 4) is 5.75 Å². The largest absolute Gasteiger partial charge is 0.506 e. The third-order valence-corrected chi connectivity index (χ3v) is 4.94. The van der Waals surface area contributed by atoms with Crippen LogP contribution in [0.3, 0.4) is 0 Å². The number of aliphatic hydroxyl groups excluding tert-OH is 1. The summed E-state index contributed by atoms with van der Waals surface area (Å²) in [7, 11) is 1.26. The molecule has 1 unspecified atom stereocenters. The lowest BCUT2D eigenvalue weighted by atomic mass is 9.96. The minimum absolute atomic E-state index is 0.0415. The molecule has 1 aromatic heterocycles. The van der Waals surface area contributed by atoms with Crippen LogP contribution in [0.2, 0.25) is 0 Å². The number of β-amino-alcohol motifs (C(OH)–C–C–N with tert-alkyl or cyclic N) is 1. The zero-order valence-corrected chi connectivity index (χ0v) is 15.7. The predicted octanol–water partition coefficient (Wildman–Crippen LogP) is 2.72. The van der Waals surface area contributed by atoms with E-state index in [2.05, 4.69) is 4.98 Å². The fourth-order valence-corrected chi connectivity index (χ4v) is 3.58. The second kappa shape index (κ2) is 7.48. The number of hydrogen-bond acceptors (Lipinski definition) is 6. The summed E-state index contributed by atoms with van der Waals surface area (Å²) in [5.41, 5.74) is 2.43. The van der Waals surface area contributed by atoms with Crippen LogP contribution in [0.15, 0.2) is 42.5 Å². The number of hydrogen-bond donors (Lipinski definition) is 3. The van der Waals surface area contributed by atoms with E-state index >= 15 is 0 Å². The number of aromatic hydroxyl groups is 1. The smallest absolute Gasteiger partial charge is 0.414 e. The molecule has 4 rings (SSSR count). The molecule has 0 aliphatic carbocycles. The molecule has 0 fully saturated rings. The Labute approximate surface area is 166 Å². The number of methoxy groups -OCH3 is 1. The number of benzene rings is 2. The Morgan fingerprint density at radius 1 is 1.24 bits per heavy atom. The normalized spacial score (nSPS) is 15.8. The van der Waals surface area contributed by atoms with E-state index in [0.717, 1.165) is 5.56 Å². The number of ether oxygens (including phenoxy) is 2. The summed E-state index contributed by atoms with van der Waals surface area (Å²) in [6.45, 7) is 0.131. The van der Waals surface area contributed by atoms with Crippen molar-refractivity contribution in [2.75, 3.05) is 18.6 Å². The monoisotopic (exact) mass is 396 g/mol. The first kappa shape index (κ1) is 18.8. The molecule has 3 aromatic rings. The third kappa shape index (κ3) is 3.50. The van der Waals surface area contributed by atoms with Crippen molar-refractivity contribution in [2.45, 2.75) is 19.1 Å². The lowest BCUT2D eigenvalue weighted by molar-refractivity contribution is 0.0595. The van der Waals surface area contributed by atoms with E-state index in [-0.39, 0.29) is 31.0 Å². The maximum atomic E-state index is 12.7. The van der Waals surface area contributed by atoms with Crippen LogP contribution in [0, 0.1) is 0 Å². The number of rotatable bonds is 3. The number of carbonyl (C=O) groups is 2. The maximum Gasteiger partial charge on any atom is 0.414 e. The van der Waals surface area contributed by atoms with Gasteiger partial charge in [-0.2, -0.15) is 0 Å². The molecule has 0 saturated carbocycles. The van der Waals surface area contributed by atoms with Gasteiger partial charge in [-0.1, -0.05) is 30.3 Å². The Balaban J connectivity index is 1.69. The third-order valence-electron chi connectivity index (χ3n) is 4.94. The average molecular weight is 396 g/mol. The van der Waals surface area contributed by atoms with Crippen LogP contribution in [0.25, 0.3) is 10.9 Å². The molecule has 1 aliphatic rings. The molecule has 0 bridgehead atoms. The number of aromatic amines is 1. The molecule has 0 saturated heterocycles. The number of nitrogens with one attached hydrogen (secondary N) is 1. The lowest BCUT2D eigenvalue weighted by Crippen LogP contribution is -2.42. The van der Waals surface area contributed by atoms with E-state index < -0.39 is 18.2 Å². The molecule has 1 atom stereocenters. The van der Waals surface area contributed by atoms with Gasteiger partial charge in [0.25, 0.3) is 0 Å². The molecule has 29 heavy (non-hydrogen) atoms. The Kier molecular flexibility index (Phi) is 4.85. The quantitative estimate of drug-likeness (QED) is 0.587. The number of phenols is 1. The summed E-state index contributed by atoms with van der Waals surface area (Å²) < 4.78 is 10.1. The molecule has 8 nitrogen and oxygen atoms in total. The highest BCUT2D eigenvalue weighted by Crippen LogP contribution is 2.39. The van der Waals surface area contributed by atoms with Crippen molar-refractivity contribution < 1.29 is 29.3 Å². The van der Waals surface area contributed by atoms with Crippen LogP contribution >= 0.6 is 0 Å². The van der Waals surface area contributed by atoms with Crippen LogP contribution in [0.4, 0.5) is 10.5 Å². The van der Waals surface area contributed by atoms with Gasteiger partial charge >= 0.3 is 12.1 Å². The fourth-order valence-electron chi connectivity index (χ4n) is 3.58. The molecule has 150 valence electrons. The molecule has 0 radical (unpaired) electrons. The average Bonchev–Trinajstić information content (AvgIpc) is 3.19. The Hall–Kier alpha value is -3.52. The number of phenolic OH excluding ortho intramolecular Hbond substituents is 1. The van der Waals surface area contributed by atoms with E-state index in [0.29, 0.717) is 22.2 Å². The van der Waals surface area contributed by atoms with Crippen LogP contribution in [0.1, 0.15) is 21.6 Å². The highest BCUT2D eigenvalue weighted by Gasteiger charge is 2.31. The predicted molar refractivity (Wildman–Crippen MR) is 105 cm³/mol. The summed E-state index contributed by atoms with van der Waals surface area (Å²) in [4.78, 5) is 28.7. The first-order valence-electron chi connectivity index (χ1n) is 9.10. The van der Waals surface area contributed by atoms with Gasteiger partial charge in [0.05, 0.1) is 31.0 Å². The zero-order valence-electron chi connectivity index (χ0n) is 15.7. The Morgan fingerprint density at radius 3 is 2.72 bits per heavy atom. The molecule has 2 heterocycles. The van der Waals surface area contributed by atoms with E-state index in [4.69, 9.17) is 9.47 Å². The molecule has 2 aromatic carbocycles. The second-order valence-electron chi connectivity index (χ2n) is 6.87. The van der Waals surface area contributed by atoms with Crippen LogP contribution in [-0.2, 0) is 22.5 Å². The fraction of sp³-hybridized carbons (Fsp3) is 0.238.